The molecule has 0 saturated heterocycles. The number of fused-ring (bicyclic) bond motifs is 1. The number of para-hydroxylation sites is 1. The molecule has 2 amide bonds. The Morgan fingerprint density at radius 1 is 1.05 bits per heavy atom. The maximum Gasteiger partial charge on any atom is 0.323 e. The van der Waals surface area contributed by atoms with E-state index in [9.17, 15) is 4.79 Å². The first-order valence-corrected chi connectivity index (χ1v) is 6.56. The van der Waals surface area contributed by atoms with Crippen LogP contribution in [0.15, 0.2) is 55.0 Å². The van der Waals surface area contributed by atoms with Crippen LogP contribution in [0.5, 0.6) is 0 Å². The number of nitrogens with one attached hydrogen (secondary N) is 2. The van der Waals surface area contributed by atoms with Gasteiger partial charge in [0.2, 0.25) is 0 Å². The van der Waals surface area contributed by atoms with Gasteiger partial charge in [-0.3, -0.25) is 9.97 Å². The minimum absolute atomic E-state index is 0.316. The molecule has 0 aliphatic rings. The van der Waals surface area contributed by atoms with Gasteiger partial charge in [-0.25, -0.2) is 4.79 Å². The van der Waals surface area contributed by atoms with Crippen molar-refractivity contribution in [1.29, 1.82) is 0 Å². The van der Waals surface area contributed by atoms with Crippen LogP contribution < -0.4 is 10.6 Å². The van der Waals surface area contributed by atoms with E-state index in [0.29, 0.717) is 11.4 Å². The van der Waals surface area contributed by atoms with Crippen LogP contribution in [-0.4, -0.2) is 16.0 Å². The van der Waals surface area contributed by atoms with E-state index >= 15 is 0 Å². The zero-order valence-corrected chi connectivity index (χ0v) is 11.5. The summed E-state index contributed by atoms with van der Waals surface area (Å²) >= 11 is 0. The second kappa shape index (κ2) is 5.58. The van der Waals surface area contributed by atoms with Gasteiger partial charge in [0.05, 0.1) is 29.3 Å². The highest BCUT2D eigenvalue weighted by molar-refractivity contribution is 6.01. The predicted octanol–water partition coefficient (Wildman–Crippen LogP) is 3.58. The van der Waals surface area contributed by atoms with E-state index in [1.54, 1.807) is 30.7 Å². The van der Waals surface area contributed by atoms with Crippen molar-refractivity contribution in [1.82, 2.24) is 9.97 Å². The number of urea groups is 1. The quantitative estimate of drug-likeness (QED) is 0.753. The highest BCUT2D eigenvalue weighted by Crippen LogP contribution is 2.23. The molecule has 21 heavy (non-hydrogen) atoms. The first-order valence-electron chi connectivity index (χ1n) is 6.56. The highest BCUT2D eigenvalue weighted by atomic mass is 16.2. The van der Waals surface area contributed by atoms with Crippen molar-refractivity contribution in [2.45, 2.75) is 6.92 Å². The largest absolute Gasteiger partial charge is 0.323 e. The zero-order chi connectivity index (χ0) is 14.7. The van der Waals surface area contributed by atoms with Gasteiger partial charge >= 0.3 is 6.03 Å². The second-order valence-electron chi connectivity index (χ2n) is 4.63. The van der Waals surface area contributed by atoms with Crippen molar-refractivity contribution >= 4 is 28.3 Å². The lowest BCUT2D eigenvalue weighted by Gasteiger charge is -2.11. The van der Waals surface area contributed by atoms with Crippen LogP contribution in [-0.2, 0) is 0 Å². The topological polar surface area (TPSA) is 66.9 Å². The molecule has 2 N–H and O–H groups in total. The molecule has 0 atom stereocenters. The minimum Gasteiger partial charge on any atom is -0.306 e. The molecule has 0 spiro atoms. The molecule has 2 aromatic heterocycles. The molecule has 0 unspecified atom stereocenters. The van der Waals surface area contributed by atoms with Crippen molar-refractivity contribution in [2.24, 2.45) is 0 Å². The molecule has 0 bridgehead atoms. The number of hydrogen-bond acceptors (Lipinski definition) is 3. The number of aryl methyl sites for hydroxylation is 1. The van der Waals surface area contributed by atoms with Gasteiger partial charge in [-0.15, -0.1) is 0 Å². The number of anilines is 2. The van der Waals surface area contributed by atoms with Gasteiger partial charge in [-0.1, -0.05) is 18.2 Å². The predicted molar refractivity (Wildman–Crippen MR) is 83.4 cm³/mol. The summed E-state index contributed by atoms with van der Waals surface area (Å²) in [7, 11) is 0. The second-order valence-corrected chi connectivity index (χ2v) is 4.63. The van der Waals surface area contributed by atoms with Crippen LogP contribution in [0.2, 0.25) is 0 Å². The molecule has 0 aliphatic heterocycles. The third kappa shape index (κ3) is 2.81. The molecule has 5 nitrogen and oxygen atoms in total. The Balaban J connectivity index is 1.82. The number of benzene rings is 1. The third-order valence-corrected chi connectivity index (χ3v) is 3.21. The molecule has 104 valence electrons. The van der Waals surface area contributed by atoms with Crippen molar-refractivity contribution < 1.29 is 4.79 Å². The van der Waals surface area contributed by atoms with Gasteiger partial charge in [-0.2, -0.15) is 0 Å². The fraction of sp³-hybridized carbons (Fsp3) is 0.0625. The SMILES string of the molecule is Cc1c(NC(=O)Nc2cccnc2)cnc2ccccc12. The van der Waals surface area contributed by atoms with Crippen LogP contribution >= 0.6 is 0 Å². The molecule has 3 aromatic rings. The number of carbonyl (C=O) groups excluding carboxylic acids is 1. The van der Waals surface area contributed by atoms with Crippen LogP contribution in [0.3, 0.4) is 0 Å². The summed E-state index contributed by atoms with van der Waals surface area (Å²) in [5.41, 5.74) is 3.23. The van der Waals surface area contributed by atoms with Gasteiger partial charge in [0.25, 0.3) is 0 Å². The average molecular weight is 278 g/mol. The van der Waals surface area contributed by atoms with Gasteiger partial charge in [0.15, 0.2) is 0 Å². The summed E-state index contributed by atoms with van der Waals surface area (Å²) in [6, 6.07) is 11.1. The van der Waals surface area contributed by atoms with Crippen LogP contribution in [0.25, 0.3) is 10.9 Å². The standard InChI is InChI=1S/C16H14N4O/c1-11-13-6-2-3-7-14(13)18-10-15(11)20-16(21)19-12-5-4-8-17-9-12/h2-10H,1H3,(H2,19,20,21). The lowest BCUT2D eigenvalue weighted by Crippen LogP contribution is -2.20. The Hall–Kier alpha value is -2.95. The van der Waals surface area contributed by atoms with Crippen molar-refractivity contribution in [3.63, 3.8) is 0 Å². The summed E-state index contributed by atoms with van der Waals surface area (Å²) in [6.45, 7) is 1.96. The molecule has 1 aromatic carbocycles. The maximum absolute atomic E-state index is 12.0. The lowest BCUT2D eigenvalue weighted by molar-refractivity contribution is 0.262. The Morgan fingerprint density at radius 2 is 1.90 bits per heavy atom. The van der Waals surface area contributed by atoms with Gasteiger partial charge in [-0.05, 0) is 30.7 Å². The first kappa shape index (κ1) is 13.1. The van der Waals surface area contributed by atoms with E-state index < -0.39 is 0 Å². The Bertz CT molecular complexity index is 787. The fourth-order valence-corrected chi connectivity index (χ4v) is 2.13. The van der Waals surface area contributed by atoms with Crippen LogP contribution in [0.1, 0.15) is 5.56 Å². The van der Waals surface area contributed by atoms with E-state index in [1.165, 1.54) is 0 Å². The smallest absolute Gasteiger partial charge is 0.306 e. The fourth-order valence-electron chi connectivity index (χ4n) is 2.13. The third-order valence-electron chi connectivity index (χ3n) is 3.21. The van der Waals surface area contributed by atoms with Crippen molar-refractivity contribution in [2.75, 3.05) is 10.6 Å². The maximum atomic E-state index is 12.0. The first-order chi connectivity index (χ1) is 10.2. The highest BCUT2D eigenvalue weighted by Gasteiger charge is 2.08. The molecular weight excluding hydrogens is 264 g/mol. The Morgan fingerprint density at radius 3 is 2.71 bits per heavy atom. The summed E-state index contributed by atoms with van der Waals surface area (Å²) in [5.74, 6) is 0. The van der Waals surface area contributed by atoms with Crippen LogP contribution in [0, 0.1) is 6.92 Å². The van der Waals surface area contributed by atoms with Crippen LogP contribution in [0.4, 0.5) is 16.2 Å². The molecule has 0 aliphatic carbocycles. The van der Waals surface area contributed by atoms with E-state index in [4.69, 9.17) is 0 Å². The molecule has 2 heterocycles. The van der Waals surface area contributed by atoms with E-state index in [0.717, 1.165) is 16.5 Å². The number of pyridine rings is 2. The van der Waals surface area contributed by atoms with E-state index in [-0.39, 0.29) is 6.03 Å². The molecule has 0 fully saturated rings. The molecule has 5 heteroatoms. The average Bonchev–Trinajstić information content (AvgIpc) is 2.51. The number of hydrogen-bond donors (Lipinski definition) is 2. The Labute approximate surface area is 122 Å². The molecule has 0 saturated carbocycles. The molecule has 3 rings (SSSR count). The van der Waals surface area contributed by atoms with Crippen molar-refractivity contribution in [3.05, 3.63) is 60.6 Å². The lowest BCUT2D eigenvalue weighted by atomic mass is 10.1. The van der Waals surface area contributed by atoms with Gasteiger partial charge in [0.1, 0.15) is 0 Å². The summed E-state index contributed by atoms with van der Waals surface area (Å²) in [5, 5.41) is 6.56. The number of nitrogens with zero attached hydrogens (tertiary/aromatic N) is 2. The Kier molecular flexibility index (Phi) is 3.47. The van der Waals surface area contributed by atoms with E-state index in [1.807, 2.05) is 31.2 Å². The molecule has 0 radical (unpaired) electrons. The normalized spacial score (nSPS) is 10.3. The van der Waals surface area contributed by atoms with E-state index in [2.05, 4.69) is 20.6 Å². The number of amides is 2. The summed E-state index contributed by atoms with van der Waals surface area (Å²) in [6.07, 6.45) is 4.91. The molecular formula is C16H14N4O. The minimum atomic E-state index is -0.316. The summed E-state index contributed by atoms with van der Waals surface area (Å²) in [4.78, 5) is 20.3. The van der Waals surface area contributed by atoms with Crippen molar-refractivity contribution in [3.8, 4) is 0 Å². The number of rotatable bonds is 2. The summed E-state index contributed by atoms with van der Waals surface area (Å²) < 4.78 is 0. The number of aromatic nitrogens is 2. The van der Waals surface area contributed by atoms with Gasteiger partial charge in [0, 0.05) is 11.6 Å². The number of carbonyl (C=O) groups is 1. The monoisotopic (exact) mass is 278 g/mol. The zero-order valence-electron chi connectivity index (χ0n) is 11.5. The van der Waals surface area contributed by atoms with Gasteiger partial charge < -0.3 is 10.6 Å².